The van der Waals surface area contributed by atoms with E-state index in [0.717, 1.165) is 18.1 Å². The molecular formula is C19H30O2. The zero-order valence-corrected chi connectivity index (χ0v) is 14.0. The average Bonchev–Trinajstić information content (AvgIpc) is 2.50. The summed E-state index contributed by atoms with van der Waals surface area (Å²) in [5.74, 6) is 3.27. The summed E-state index contributed by atoms with van der Waals surface area (Å²) in [5.41, 5.74) is 1.38. The van der Waals surface area contributed by atoms with E-state index < -0.39 is 0 Å². The number of aryl methyl sites for hydroxylation is 1. The van der Waals surface area contributed by atoms with Gasteiger partial charge in [0.15, 0.2) is 0 Å². The molecule has 0 heterocycles. The van der Waals surface area contributed by atoms with Crippen LogP contribution in [0.3, 0.4) is 0 Å². The van der Waals surface area contributed by atoms with E-state index in [1.165, 1.54) is 24.8 Å². The minimum absolute atomic E-state index is 0.399. The van der Waals surface area contributed by atoms with Crippen LogP contribution in [0.15, 0.2) is 24.3 Å². The van der Waals surface area contributed by atoms with Gasteiger partial charge < -0.3 is 9.53 Å². The summed E-state index contributed by atoms with van der Waals surface area (Å²) in [6.45, 7) is 11.2. The smallest absolute Gasteiger partial charge is 0.119 e. The molecule has 2 heteroatoms. The van der Waals surface area contributed by atoms with Gasteiger partial charge >= 0.3 is 0 Å². The molecule has 0 bridgehead atoms. The SMILES string of the molecule is C=O.CCc1ccc(OC2CC(C)CCC2C(C)C)cc1. The lowest BCUT2D eigenvalue weighted by molar-refractivity contribution is -0.0979. The van der Waals surface area contributed by atoms with Crippen molar-refractivity contribution in [3.05, 3.63) is 29.8 Å². The van der Waals surface area contributed by atoms with Crippen molar-refractivity contribution in [3.63, 3.8) is 0 Å². The van der Waals surface area contributed by atoms with E-state index in [9.17, 15) is 0 Å². The Balaban J connectivity index is 0.00000106. The lowest BCUT2D eigenvalue weighted by atomic mass is 9.75. The van der Waals surface area contributed by atoms with Crippen molar-refractivity contribution in [3.8, 4) is 5.75 Å². The number of carbonyl (C=O) groups is 1. The molecule has 0 aliphatic heterocycles. The fourth-order valence-electron chi connectivity index (χ4n) is 3.23. The van der Waals surface area contributed by atoms with Crippen LogP contribution in [0.4, 0.5) is 0 Å². The number of carbonyl (C=O) groups excluding carboxylic acids is 1. The highest BCUT2D eigenvalue weighted by Crippen LogP contribution is 2.35. The second kappa shape index (κ2) is 8.86. The minimum Gasteiger partial charge on any atom is -0.490 e. The van der Waals surface area contributed by atoms with Crippen LogP contribution in [0.25, 0.3) is 0 Å². The lowest BCUT2D eigenvalue weighted by Gasteiger charge is -2.37. The molecule has 1 aliphatic carbocycles. The monoisotopic (exact) mass is 290 g/mol. The summed E-state index contributed by atoms with van der Waals surface area (Å²) in [5, 5.41) is 0. The van der Waals surface area contributed by atoms with E-state index in [4.69, 9.17) is 9.53 Å². The Labute approximate surface area is 129 Å². The van der Waals surface area contributed by atoms with E-state index in [2.05, 4.69) is 52.0 Å². The van der Waals surface area contributed by atoms with Crippen molar-refractivity contribution in [2.75, 3.05) is 0 Å². The van der Waals surface area contributed by atoms with Gasteiger partial charge in [-0.25, -0.2) is 0 Å². The maximum absolute atomic E-state index is 8.00. The minimum atomic E-state index is 0.399. The molecule has 1 aromatic rings. The summed E-state index contributed by atoms with van der Waals surface area (Å²) in [4.78, 5) is 8.00. The molecule has 0 saturated heterocycles. The molecule has 2 rings (SSSR count). The summed E-state index contributed by atoms with van der Waals surface area (Å²) in [7, 11) is 0. The molecule has 3 atom stereocenters. The van der Waals surface area contributed by atoms with Crippen LogP contribution in [0.1, 0.15) is 52.5 Å². The van der Waals surface area contributed by atoms with Crippen molar-refractivity contribution in [1.82, 2.24) is 0 Å². The summed E-state index contributed by atoms with van der Waals surface area (Å²) in [6, 6.07) is 8.64. The number of rotatable bonds is 4. The quantitative estimate of drug-likeness (QED) is 0.788. The Morgan fingerprint density at radius 3 is 2.33 bits per heavy atom. The second-order valence-electron chi connectivity index (χ2n) is 6.48. The third-order valence-corrected chi connectivity index (χ3v) is 4.58. The van der Waals surface area contributed by atoms with Crippen molar-refractivity contribution >= 4 is 6.79 Å². The van der Waals surface area contributed by atoms with Crippen LogP contribution < -0.4 is 4.74 Å². The van der Waals surface area contributed by atoms with Crippen LogP contribution >= 0.6 is 0 Å². The number of hydrogen-bond donors (Lipinski definition) is 0. The van der Waals surface area contributed by atoms with Gasteiger partial charge in [-0.15, -0.1) is 0 Å². The molecule has 1 fully saturated rings. The molecule has 0 spiro atoms. The fraction of sp³-hybridized carbons (Fsp3) is 0.632. The number of hydrogen-bond acceptors (Lipinski definition) is 2. The van der Waals surface area contributed by atoms with Gasteiger partial charge in [0.1, 0.15) is 18.6 Å². The first-order chi connectivity index (χ1) is 10.1. The number of benzene rings is 1. The van der Waals surface area contributed by atoms with Gasteiger partial charge in [-0.05, 0) is 54.7 Å². The molecular weight excluding hydrogens is 260 g/mol. The Morgan fingerprint density at radius 1 is 1.19 bits per heavy atom. The van der Waals surface area contributed by atoms with E-state index in [1.807, 2.05) is 6.79 Å². The summed E-state index contributed by atoms with van der Waals surface area (Å²) >= 11 is 0. The first kappa shape index (κ1) is 17.7. The molecule has 3 unspecified atom stereocenters. The molecule has 0 aromatic heterocycles. The molecule has 0 amide bonds. The first-order valence-electron chi connectivity index (χ1n) is 8.14. The van der Waals surface area contributed by atoms with Crippen molar-refractivity contribution in [1.29, 1.82) is 0 Å². The first-order valence-corrected chi connectivity index (χ1v) is 8.14. The van der Waals surface area contributed by atoms with Gasteiger partial charge in [-0.1, -0.05) is 46.2 Å². The molecule has 1 aliphatic rings. The van der Waals surface area contributed by atoms with Gasteiger partial charge in [0, 0.05) is 0 Å². The van der Waals surface area contributed by atoms with Gasteiger partial charge in [-0.3, -0.25) is 0 Å². The maximum Gasteiger partial charge on any atom is 0.119 e. The summed E-state index contributed by atoms with van der Waals surface area (Å²) in [6.07, 6.45) is 5.37. The van der Waals surface area contributed by atoms with Gasteiger partial charge in [0.25, 0.3) is 0 Å². The van der Waals surface area contributed by atoms with Crippen molar-refractivity contribution in [2.24, 2.45) is 17.8 Å². The van der Waals surface area contributed by atoms with E-state index >= 15 is 0 Å². The van der Waals surface area contributed by atoms with Crippen LogP contribution in [-0.2, 0) is 11.2 Å². The van der Waals surface area contributed by atoms with Crippen LogP contribution in [0.2, 0.25) is 0 Å². The molecule has 0 radical (unpaired) electrons. The largest absolute Gasteiger partial charge is 0.490 e. The van der Waals surface area contributed by atoms with E-state index in [0.29, 0.717) is 17.9 Å². The summed E-state index contributed by atoms with van der Waals surface area (Å²) < 4.78 is 6.30. The zero-order chi connectivity index (χ0) is 15.8. The predicted molar refractivity (Wildman–Crippen MR) is 88.7 cm³/mol. The van der Waals surface area contributed by atoms with Crippen molar-refractivity contribution in [2.45, 2.75) is 59.5 Å². The third kappa shape index (κ3) is 5.18. The topological polar surface area (TPSA) is 26.3 Å². The van der Waals surface area contributed by atoms with E-state index in [-0.39, 0.29) is 0 Å². The fourth-order valence-corrected chi connectivity index (χ4v) is 3.23. The molecule has 21 heavy (non-hydrogen) atoms. The second-order valence-corrected chi connectivity index (χ2v) is 6.48. The van der Waals surface area contributed by atoms with Crippen LogP contribution in [-0.4, -0.2) is 12.9 Å². The maximum atomic E-state index is 8.00. The highest BCUT2D eigenvalue weighted by atomic mass is 16.5. The van der Waals surface area contributed by atoms with E-state index in [1.54, 1.807) is 0 Å². The zero-order valence-electron chi connectivity index (χ0n) is 14.0. The molecule has 1 saturated carbocycles. The number of ether oxygens (including phenoxy) is 1. The van der Waals surface area contributed by atoms with Crippen LogP contribution in [0.5, 0.6) is 5.75 Å². The normalized spacial score (nSPS) is 25.1. The Kier molecular flexibility index (Phi) is 7.49. The standard InChI is InChI=1S/C18H28O.CH2O/c1-5-15-7-9-16(10-8-15)19-18-12-14(4)6-11-17(18)13(2)3;1-2/h7-10,13-14,17-18H,5-6,11-12H2,1-4H3;1H2. The van der Waals surface area contributed by atoms with Gasteiger partial charge in [-0.2, -0.15) is 0 Å². The Hall–Kier alpha value is -1.31. The highest BCUT2D eigenvalue weighted by molar-refractivity contribution is 5.27. The average molecular weight is 290 g/mol. The van der Waals surface area contributed by atoms with Crippen LogP contribution in [0, 0.1) is 17.8 Å². The Bertz CT molecular complexity index is 397. The lowest BCUT2D eigenvalue weighted by Crippen LogP contribution is -2.36. The van der Waals surface area contributed by atoms with Gasteiger partial charge in [0.05, 0.1) is 0 Å². The molecule has 1 aromatic carbocycles. The highest BCUT2D eigenvalue weighted by Gasteiger charge is 2.32. The van der Waals surface area contributed by atoms with Gasteiger partial charge in [0.2, 0.25) is 0 Å². The van der Waals surface area contributed by atoms with Crippen molar-refractivity contribution < 1.29 is 9.53 Å². The Morgan fingerprint density at radius 2 is 1.81 bits per heavy atom. The third-order valence-electron chi connectivity index (χ3n) is 4.58. The molecule has 118 valence electrons. The molecule has 0 N–H and O–H groups in total. The predicted octanol–water partition coefficient (Wildman–Crippen LogP) is 4.90. The molecule has 2 nitrogen and oxygen atoms in total.